The lowest BCUT2D eigenvalue weighted by molar-refractivity contribution is 0.00518. The van der Waals surface area contributed by atoms with Crippen LogP contribution in [0.1, 0.15) is 92.1 Å². The maximum Gasteiger partial charge on any atom is 0.410 e. The summed E-state index contributed by atoms with van der Waals surface area (Å²) in [5.74, 6) is 0.0425. The van der Waals surface area contributed by atoms with Gasteiger partial charge in [-0.05, 0) is 109 Å². The van der Waals surface area contributed by atoms with E-state index in [4.69, 9.17) is 9.73 Å². The van der Waals surface area contributed by atoms with E-state index in [1.54, 1.807) is 12.3 Å². The molecule has 47 heavy (non-hydrogen) atoms. The topological polar surface area (TPSA) is 68.9 Å². The van der Waals surface area contributed by atoms with Gasteiger partial charge in [0.1, 0.15) is 11.4 Å². The van der Waals surface area contributed by atoms with Gasteiger partial charge >= 0.3 is 6.09 Å². The second kappa shape index (κ2) is 15.6. The van der Waals surface area contributed by atoms with Crippen LogP contribution in [0.2, 0.25) is 0 Å². The van der Waals surface area contributed by atoms with Crippen LogP contribution < -0.4 is 0 Å². The molecule has 1 aromatic rings. The Morgan fingerprint density at radius 1 is 1.23 bits per heavy atom. The van der Waals surface area contributed by atoms with Crippen LogP contribution in [0.15, 0.2) is 94.8 Å². The van der Waals surface area contributed by atoms with Gasteiger partial charge in [-0.1, -0.05) is 55.5 Å². The van der Waals surface area contributed by atoms with Crippen molar-refractivity contribution < 1.29 is 13.9 Å². The van der Waals surface area contributed by atoms with Gasteiger partial charge in [-0.15, -0.1) is 0 Å². The first-order valence-electron chi connectivity index (χ1n) is 17.0. The maximum atomic E-state index is 15.4. The number of amides is 1. The molecular weight excluding hydrogens is 587 g/mol. The summed E-state index contributed by atoms with van der Waals surface area (Å²) in [6.45, 7) is 17.7. The molecule has 1 atom stereocenters. The molecule has 1 aliphatic heterocycles. The first kappa shape index (κ1) is 35.7. The minimum atomic E-state index is -0.555. The van der Waals surface area contributed by atoms with Crippen molar-refractivity contribution in [2.45, 2.75) is 97.6 Å². The second-order valence-electron chi connectivity index (χ2n) is 13.7. The average Bonchev–Trinajstić information content (AvgIpc) is 3.83. The number of hydrogen-bond acceptors (Lipinski definition) is 5. The highest BCUT2D eigenvalue weighted by Crippen LogP contribution is 2.48. The highest BCUT2D eigenvalue weighted by Gasteiger charge is 2.53. The highest BCUT2D eigenvalue weighted by atomic mass is 19.1. The second-order valence-corrected chi connectivity index (χ2v) is 13.7. The third-order valence-corrected chi connectivity index (χ3v) is 9.29. The lowest BCUT2D eigenvalue weighted by Crippen LogP contribution is -2.56. The predicted molar refractivity (Wildman–Crippen MR) is 190 cm³/mol. The molecule has 1 heterocycles. The number of carbonyl (C=O) groups excluding carboxylic acids is 1. The molecule has 1 unspecified atom stereocenters. The summed E-state index contributed by atoms with van der Waals surface area (Å²) >= 11 is 0. The summed E-state index contributed by atoms with van der Waals surface area (Å²) in [4.78, 5) is 22.1. The Morgan fingerprint density at radius 3 is 2.60 bits per heavy atom. The Balaban J connectivity index is 1.65. The van der Waals surface area contributed by atoms with Crippen LogP contribution in [-0.2, 0) is 4.74 Å². The molecule has 2 aliphatic carbocycles. The minimum absolute atomic E-state index is 0.182. The number of unbranched alkanes of at least 4 members (excludes halogenated alkanes) is 1. The summed E-state index contributed by atoms with van der Waals surface area (Å²) < 4.78 is 21.1. The molecule has 3 aliphatic rings. The fourth-order valence-electron chi connectivity index (χ4n) is 6.85. The quantitative estimate of drug-likeness (QED) is 0.137. The molecule has 250 valence electrons. The summed E-state index contributed by atoms with van der Waals surface area (Å²) in [7, 11) is 0. The molecule has 6 nitrogen and oxygen atoms in total. The first-order chi connectivity index (χ1) is 22.5. The lowest BCUT2D eigenvalue weighted by Gasteiger charge is -2.45. The van der Waals surface area contributed by atoms with E-state index in [-0.39, 0.29) is 17.4 Å². The Hall–Kier alpha value is -4.18. The summed E-state index contributed by atoms with van der Waals surface area (Å²) in [5.41, 5.74) is 5.40. The molecule has 1 saturated heterocycles. The highest BCUT2D eigenvalue weighted by molar-refractivity contribution is 6.14. The van der Waals surface area contributed by atoms with E-state index >= 15 is 4.39 Å². The van der Waals surface area contributed by atoms with Gasteiger partial charge in [-0.25, -0.2) is 9.18 Å². The van der Waals surface area contributed by atoms with Crippen molar-refractivity contribution in [1.29, 1.82) is 5.26 Å². The largest absolute Gasteiger partial charge is 0.444 e. The van der Waals surface area contributed by atoms with E-state index in [0.29, 0.717) is 43.1 Å². The number of benzene rings is 1. The zero-order valence-corrected chi connectivity index (χ0v) is 29.1. The monoisotopic (exact) mass is 638 g/mol. The van der Waals surface area contributed by atoms with Gasteiger partial charge in [0.2, 0.25) is 0 Å². The van der Waals surface area contributed by atoms with Crippen molar-refractivity contribution in [3.63, 3.8) is 0 Å². The number of allylic oxidation sites excluding steroid dienone is 10. The van der Waals surface area contributed by atoms with E-state index in [2.05, 4.69) is 37.5 Å². The van der Waals surface area contributed by atoms with Crippen LogP contribution in [-0.4, -0.2) is 52.4 Å². The lowest BCUT2D eigenvalue weighted by atomic mass is 9.87. The number of hydrogen-bond donors (Lipinski definition) is 0. The molecule has 0 bridgehead atoms. The Bertz CT molecular complexity index is 1560. The van der Waals surface area contributed by atoms with Crippen molar-refractivity contribution in [3.8, 4) is 6.07 Å². The van der Waals surface area contributed by atoms with Crippen LogP contribution >= 0.6 is 0 Å². The number of rotatable bonds is 11. The van der Waals surface area contributed by atoms with Gasteiger partial charge in [-0.2, -0.15) is 5.26 Å². The Morgan fingerprint density at radius 2 is 1.98 bits per heavy atom. The molecular formula is C40H51FN4O2. The smallest absolute Gasteiger partial charge is 0.410 e. The van der Waals surface area contributed by atoms with Gasteiger partial charge in [0.05, 0.1) is 17.2 Å². The van der Waals surface area contributed by atoms with Gasteiger partial charge in [0.15, 0.2) is 0 Å². The number of carbonyl (C=O) groups is 1. The molecule has 7 heteroatoms. The van der Waals surface area contributed by atoms with Crippen molar-refractivity contribution in [1.82, 2.24) is 9.80 Å². The molecule has 1 saturated carbocycles. The fraction of sp³-hybridized carbons (Fsp3) is 0.475. The molecule has 2 fully saturated rings. The van der Waals surface area contributed by atoms with Crippen LogP contribution in [0, 0.1) is 23.1 Å². The number of nitrogens with zero attached hydrogens (tertiary/aromatic N) is 4. The number of piperazine rings is 1. The van der Waals surface area contributed by atoms with Crippen molar-refractivity contribution in [2.75, 3.05) is 19.6 Å². The van der Waals surface area contributed by atoms with E-state index in [1.807, 2.05) is 69.0 Å². The Kier molecular flexibility index (Phi) is 11.8. The van der Waals surface area contributed by atoms with E-state index < -0.39 is 5.60 Å². The van der Waals surface area contributed by atoms with E-state index in [9.17, 15) is 10.1 Å². The molecule has 0 radical (unpaired) electrons. The number of ether oxygens (including phenoxy) is 1. The van der Waals surface area contributed by atoms with E-state index in [1.165, 1.54) is 11.6 Å². The molecule has 4 rings (SSSR count). The molecule has 0 aromatic heterocycles. The maximum absolute atomic E-state index is 15.4. The van der Waals surface area contributed by atoms with Crippen LogP contribution in [0.4, 0.5) is 9.18 Å². The van der Waals surface area contributed by atoms with Crippen molar-refractivity contribution in [2.24, 2.45) is 10.9 Å². The SMILES string of the molecule is C=CN=C(CCCCC1=CC(C#N)=CC=CC1CC)C(/C(=C\C)c1ccccc1F)=C(\C)N1CCN(C(=O)OC(C)(C)C)CC12CC2. The standard InChI is InChI=1S/C40H51FN4O2/c1-8-31-18-15-16-30(27-42)26-32(31)17-11-14-21-36(43-10-3)37(33(9-2)34-19-12-13-20-35(34)41)29(4)45-25-24-44(28-40(45)22-23-40)38(46)47-39(5,6)7/h9-10,12-13,15-16,18-20,26,31H,3,8,11,14,17,21-25,28H2,1-2,4-7H3/b33-9-,37-29+,43-36?. The van der Waals surface area contributed by atoms with E-state index in [0.717, 1.165) is 61.1 Å². The molecule has 1 aromatic carbocycles. The minimum Gasteiger partial charge on any atom is -0.444 e. The fourth-order valence-corrected chi connectivity index (χ4v) is 6.85. The Labute approximate surface area is 281 Å². The summed E-state index contributed by atoms with van der Waals surface area (Å²) in [5, 5.41) is 9.54. The first-order valence-corrected chi connectivity index (χ1v) is 17.0. The summed E-state index contributed by atoms with van der Waals surface area (Å²) in [6, 6.07) is 9.20. The molecule has 0 N–H and O–H groups in total. The summed E-state index contributed by atoms with van der Waals surface area (Å²) in [6.07, 6.45) is 17.7. The number of aliphatic imine (C=N–C) groups is 1. The number of halogens is 1. The van der Waals surface area contributed by atoms with Crippen LogP contribution in [0.3, 0.4) is 0 Å². The average molecular weight is 639 g/mol. The zero-order valence-electron chi connectivity index (χ0n) is 29.1. The van der Waals surface area contributed by atoms with Crippen molar-refractivity contribution >= 4 is 17.4 Å². The normalized spacial score (nSPS) is 20.2. The molecule has 1 spiro atoms. The third-order valence-electron chi connectivity index (χ3n) is 9.29. The van der Waals surface area contributed by atoms with Gasteiger partial charge in [-0.3, -0.25) is 4.99 Å². The van der Waals surface area contributed by atoms with Crippen LogP contribution in [0.5, 0.6) is 0 Å². The van der Waals surface area contributed by atoms with Crippen molar-refractivity contribution in [3.05, 3.63) is 101 Å². The zero-order chi connectivity index (χ0) is 34.2. The van der Waals surface area contributed by atoms with Gasteiger partial charge < -0.3 is 14.5 Å². The van der Waals surface area contributed by atoms with Crippen LogP contribution in [0.25, 0.3) is 5.57 Å². The molecule has 1 amide bonds. The predicted octanol–water partition coefficient (Wildman–Crippen LogP) is 9.71. The third kappa shape index (κ3) is 8.80. The number of nitriles is 1. The van der Waals surface area contributed by atoms with Gasteiger partial charge in [0, 0.05) is 48.4 Å². The van der Waals surface area contributed by atoms with Gasteiger partial charge in [0.25, 0.3) is 0 Å².